The second-order valence-corrected chi connectivity index (χ2v) is 6.00. The molecule has 20 heavy (non-hydrogen) atoms. The number of hydrogen-bond acceptors (Lipinski definition) is 5. The van der Waals surface area contributed by atoms with E-state index in [1.54, 1.807) is 0 Å². The Balaban J connectivity index is 1.93. The summed E-state index contributed by atoms with van der Waals surface area (Å²) in [5.41, 5.74) is 0. The molecule has 1 aliphatic heterocycles. The van der Waals surface area contributed by atoms with Crippen LogP contribution in [0, 0.1) is 5.92 Å². The zero-order valence-corrected chi connectivity index (χ0v) is 12.2. The number of hydrogen-bond donors (Lipinski definition) is 1. The largest absolute Gasteiger partial charge is 0.445 e. The maximum absolute atomic E-state index is 12.5. The van der Waals surface area contributed by atoms with Crippen molar-refractivity contribution in [3.8, 4) is 0 Å². The topological polar surface area (TPSA) is 41.0 Å². The first-order chi connectivity index (χ1) is 9.50. The lowest BCUT2D eigenvalue weighted by atomic mass is 9.98. The molecule has 0 aliphatic carbocycles. The van der Waals surface area contributed by atoms with Crippen LogP contribution in [-0.2, 0) is 6.18 Å². The molecule has 0 aromatic carbocycles. The SMILES string of the molecule is CCCNCC1CCCN(c2nnc(C(F)(F)F)s2)C1. The van der Waals surface area contributed by atoms with Crippen LogP contribution in [0.25, 0.3) is 0 Å². The molecule has 1 unspecified atom stereocenters. The fraction of sp³-hybridized carbons (Fsp3) is 0.833. The van der Waals surface area contributed by atoms with Crippen LogP contribution in [0.4, 0.5) is 18.3 Å². The van der Waals surface area contributed by atoms with Crippen LogP contribution >= 0.6 is 11.3 Å². The molecule has 1 saturated heterocycles. The molecule has 1 fully saturated rings. The number of nitrogens with one attached hydrogen (secondary N) is 1. The van der Waals surface area contributed by atoms with Crippen molar-refractivity contribution in [3.05, 3.63) is 5.01 Å². The second-order valence-electron chi connectivity index (χ2n) is 5.05. The highest BCUT2D eigenvalue weighted by Gasteiger charge is 2.36. The molecule has 4 nitrogen and oxygen atoms in total. The summed E-state index contributed by atoms with van der Waals surface area (Å²) in [6.45, 7) is 5.52. The van der Waals surface area contributed by atoms with Crippen LogP contribution in [0.5, 0.6) is 0 Å². The van der Waals surface area contributed by atoms with Crippen LogP contribution in [0.15, 0.2) is 0 Å². The maximum Gasteiger partial charge on any atom is 0.445 e. The molecule has 0 radical (unpaired) electrons. The summed E-state index contributed by atoms with van der Waals surface area (Å²) >= 11 is 0.635. The molecule has 2 rings (SSSR count). The van der Waals surface area contributed by atoms with E-state index in [1.165, 1.54) is 0 Å². The van der Waals surface area contributed by atoms with Gasteiger partial charge < -0.3 is 10.2 Å². The first kappa shape index (κ1) is 15.5. The van der Waals surface area contributed by atoms with Crippen molar-refractivity contribution in [1.82, 2.24) is 15.5 Å². The summed E-state index contributed by atoms with van der Waals surface area (Å²) in [4.78, 5) is 1.93. The van der Waals surface area contributed by atoms with Crippen molar-refractivity contribution in [3.63, 3.8) is 0 Å². The monoisotopic (exact) mass is 308 g/mol. The average molecular weight is 308 g/mol. The minimum atomic E-state index is -4.40. The van der Waals surface area contributed by atoms with E-state index < -0.39 is 11.2 Å². The molecule has 1 aromatic heterocycles. The molecule has 0 spiro atoms. The van der Waals surface area contributed by atoms with Gasteiger partial charge in [-0.05, 0) is 38.3 Å². The van der Waals surface area contributed by atoms with Crippen molar-refractivity contribution >= 4 is 16.5 Å². The lowest BCUT2D eigenvalue weighted by Crippen LogP contribution is -2.39. The first-order valence-corrected chi connectivity index (χ1v) is 7.68. The minimum Gasteiger partial charge on any atom is -0.346 e. The van der Waals surface area contributed by atoms with Crippen LogP contribution in [0.1, 0.15) is 31.2 Å². The standard InChI is InChI=1S/C12H19F3N4S/c1-2-5-16-7-9-4-3-6-19(8-9)11-18-17-10(20-11)12(13,14)15/h9,16H,2-8H2,1H3. The van der Waals surface area contributed by atoms with Crippen LogP contribution in [-0.4, -0.2) is 36.4 Å². The van der Waals surface area contributed by atoms with Gasteiger partial charge in [-0.2, -0.15) is 13.2 Å². The van der Waals surface area contributed by atoms with Crippen molar-refractivity contribution in [2.45, 2.75) is 32.4 Å². The Labute approximate surface area is 120 Å². The van der Waals surface area contributed by atoms with Gasteiger partial charge in [0.15, 0.2) is 0 Å². The number of aromatic nitrogens is 2. The molecule has 2 heterocycles. The lowest BCUT2D eigenvalue weighted by molar-refractivity contribution is -0.138. The predicted octanol–water partition coefficient (Wildman–Crippen LogP) is 2.77. The highest BCUT2D eigenvalue weighted by molar-refractivity contribution is 7.15. The smallest absolute Gasteiger partial charge is 0.346 e. The number of rotatable bonds is 5. The van der Waals surface area contributed by atoms with Gasteiger partial charge >= 0.3 is 6.18 Å². The molecule has 1 N–H and O–H groups in total. The molecule has 114 valence electrons. The molecule has 1 atom stereocenters. The molecular weight excluding hydrogens is 289 g/mol. The van der Waals surface area contributed by atoms with E-state index in [4.69, 9.17) is 0 Å². The summed E-state index contributed by atoms with van der Waals surface area (Å²) in [7, 11) is 0. The van der Waals surface area contributed by atoms with Crippen molar-refractivity contribution in [2.24, 2.45) is 5.92 Å². The summed E-state index contributed by atoms with van der Waals surface area (Å²) in [6.07, 6.45) is -1.22. The lowest BCUT2D eigenvalue weighted by Gasteiger charge is -2.32. The van der Waals surface area contributed by atoms with Crippen molar-refractivity contribution in [2.75, 3.05) is 31.1 Å². The Kier molecular flexibility index (Phi) is 5.20. The van der Waals surface area contributed by atoms with E-state index in [0.717, 1.165) is 45.4 Å². The quantitative estimate of drug-likeness (QED) is 0.849. The summed E-state index contributed by atoms with van der Waals surface area (Å²) in [5.74, 6) is 0.466. The summed E-state index contributed by atoms with van der Waals surface area (Å²) < 4.78 is 37.6. The fourth-order valence-electron chi connectivity index (χ4n) is 2.35. The van der Waals surface area contributed by atoms with Gasteiger partial charge in [-0.25, -0.2) is 0 Å². The van der Waals surface area contributed by atoms with Crippen molar-refractivity contribution in [1.29, 1.82) is 0 Å². The van der Waals surface area contributed by atoms with E-state index in [1.807, 2.05) is 4.90 Å². The van der Waals surface area contributed by atoms with Gasteiger partial charge in [0.2, 0.25) is 10.1 Å². The Morgan fingerprint density at radius 2 is 2.20 bits per heavy atom. The van der Waals surface area contributed by atoms with E-state index in [0.29, 0.717) is 22.4 Å². The van der Waals surface area contributed by atoms with Gasteiger partial charge in [0.05, 0.1) is 0 Å². The molecule has 0 bridgehead atoms. The number of piperidine rings is 1. The minimum absolute atomic E-state index is 0.387. The van der Waals surface area contributed by atoms with Gasteiger partial charge in [-0.1, -0.05) is 18.3 Å². The molecule has 8 heteroatoms. The van der Waals surface area contributed by atoms with Gasteiger partial charge in [0.1, 0.15) is 0 Å². The zero-order valence-electron chi connectivity index (χ0n) is 11.4. The maximum atomic E-state index is 12.5. The molecule has 1 aliphatic rings. The number of halogens is 3. The van der Waals surface area contributed by atoms with E-state index in [9.17, 15) is 13.2 Å². The molecule has 0 saturated carbocycles. The van der Waals surface area contributed by atoms with Gasteiger partial charge in [-0.3, -0.25) is 0 Å². The molecule has 1 aromatic rings. The Bertz CT molecular complexity index is 421. The number of alkyl halides is 3. The van der Waals surface area contributed by atoms with Crippen LogP contribution < -0.4 is 10.2 Å². The van der Waals surface area contributed by atoms with Crippen LogP contribution in [0.3, 0.4) is 0 Å². The summed E-state index contributed by atoms with van der Waals surface area (Å²) in [6, 6.07) is 0. The second kappa shape index (κ2) is 6.71. The Morgan fingerprint density at radius 1 is 1.40 bits per heavy atom. The highest BCUT2D eigenvalue weighted by Crippen LogP contribution is 2.35. The van der Waals surface area contributed by atoms with Gasteiger partial charge in [0, 0.05) is 13.1 Å². The van der Waals surface area contributed by atoms with Crippen LogP contribution in [0.2, 0.25) is 0 Å². The third-order valence-electron chi connectivity index (χ3n) is 3.31. The average Bonchev–Trinajstić information content (AvgIpc) is 2.89. The first-order valence-electron chi connectivity index (χ1n) is 6.87. The third kappa shape index (κ3) is 4.05. The van der Waals surface area contributed by atoms with E-state index in [2.05, 4.69) is 22.4 Å². The fourth-order valence-corrected chi connectivity index (χ4v) is 3.09. The Hall–Kier alpha value is -0.890. The predicted molar refractivity (Wildman–Crippen MR) is 73.0 cm³/mol. The van der Waals surface area contributed by atoms with Gasteiger partial charge in [0.25, 0.3) is 0 Å². The van der Waals surface area contributed by atoms with E-state index >= 15 is 0 Å². The number of anilines is 1. The van der Waals surface area contributed by atoms with E-state index in [-0.39, 0.29) is 0 Å². The van der Waals surface area contributed by atoms with Crippen molar-refractivity contribution < 1.29 is 13.2 Å². The Morgan fingerprint density at radius 3 is 2.85 bits per heavy atom. The summed E-state index contributed by atoms with van der Waals surface area (Å²) in [5, 5.41) is 9.83. The highest BCUT2D eigenvalue weighted by atomic mass is 32.1. The third-order valence-corrected chi connectivity index (χ3v) is 4.34. The normalized spacial score (nSPS) is 20.4. The molecule has 0 amide bonds. The molecular formula is C12H19F3N4S. The zero-order chi connectivity index (χ0) is 14.6. The van der Waals surface area contributed by atoms with Gasteiger partial charge in [-0.15, -0.1) is 10.2 Å². The number of nitrogens with zero attached hydrogens (tertiary/aromatic N) is 3.